The molecule has 0 atom stereocenters. The molecular formula is C17H18ClN3O2. The van der Waals surface area contributed by atoms with Gasteiger partial charge in [-0.25, -0.2) is 4.79 Å². The summed E-state index contributed by atoms with van der Waals surface area (Å²) in [7, 11) is 0. The number of rotatable bonds is 2. The van der Waals surface area contributed by atoms with Gasteiger partial charge in [0.2, 0.25) is 0 Å². The minimum absolute atomic E-state index is 0.0954. The van der Waals surface area contributed by atoms with Crippen molar-refractivity contribution in [3.8, 4) is 11.3 Å². The number of nitrogens with zero attached hydrogens (tertiary/aromatic N) is 2. The largest absolute Gasteiger partial charge is 0.354 e. The molecule has 2 fully saturated rings. The van der Waals surface area contributed by atoms with Gasteiger partial charge in [0.25, 0.3) is 0 Å². The summed E-state index contributed by atoms with van der Waals surface area (Å²) in [6.07, 6.45) is 4.83. The zero-order valence-corrected chi connectivity index (χ0v) is 13.5. The molecule has 1 aromatic heterocycles. The Morgan fingerprint density at radius 2 is 2.17 bits per heavy atom. The predicted octanol–water partition coefficient (Wildman–Crippen LogP) is 4.40. The minimum Gasteiger partial charge on any atom is -0.354 e. The van der Waals surface area contributed by atoms with E-state index in [1.54, 1.807) is 18.2 Å². The highest BCUT2D eigenvalue weighted by atomic mass is 35.5. The fraction of sp³-hybridized carbons (Fsp3) is 0.412. The van der Waals surface area contributed by atoms with Crippen molar-refractivity contribution in [2.45, 2.75) is 25.7 Å². The third kappa shape index (κ3) is 3.06. The molecule has 4 rings (SSSR count). The minimum atomic E-state index is -0.0954. The normalized spacial score (nSPS) is 18.9. The molecule has 23 heavy (non-hydrogen) atoms. The molecule has 1 aromatic carbocycles. The molecule has 6 heteroatoms. The van der Waals surface area contributed by atoms with Crippen molar-refractivity contribution in [1.29, 1.82) is 0 Å². The molecule has 5 nitrogen and oxygen atoms in total. The van der Waals surface area contributed by atoms with Gasteiger partial charge in [0.05, 0.1) is 0 Å². The van der Waals surface area contributed by atoms with Crippen LogP contribution in [0.2, 0.25) is 5.02 Å². The quantitative estimate of drug-likeness (QED) is 0.887. The van der Waals surface area contributed by atoms with Crippen LogP contribution in [0, 0.1) is 5.41 Å². The maximum Gasteiger partial charge on any atom is 0.323 e. The van der Waals surface area contributed by atoms with Crippen molar-refractivity contribution in [2.75, 3.05) is 18.4 Å². The van der Waals surface area contributed by atoms with E-state index in [4.69, 9.17) is 16.1 Å². The lowest BCUT2D eigenvalue weighted by atomic mass is 9.95. The maximum absolute atomic E-state index is 12.4. The number of amides is 2. The molecule has 0 bridgehead atoms. The smallest absolute Gasteiger partial charge is 0.323 e. The van der Waals surface area contributed by atoms with Crippen LogP contribution in [0.4, 0.5) is 10.6 Å². The Morgan fingerprint density at radius 1 is 1.30 bits per heavy atom. The van der Waals surface area contributed by atoms with Gasteiger partial charge in [-0.1, -0.05) is 28.9 Å². The molecule has 1 aliphatic carbocycles. The van der Waals surface area contributed by atoms with Crippen LogP contribution in [0.5, 0.6) is 0 Å². The molecule has 2 aliphatic rings. The van der Waals surface area contributed by atoms with Gasteiger partial charge in [0, 0.05) is 29.7 Å². The van der Waals surface area contributed by atoms with Crippen LogP contribution in [0.15, 0.2) is 34.9 Å². The Kier molecular flexibility index (Phi) is 3.53. The molecule has 0 unspecified atom stereocenters. The third-order valence-corrected chi connectivity index (χ3v) is 5.00. The van der Waals surface area contributed by atoms with Crippen molar-refractivity contribution >= 4 is 23.4 Å². The van der Waals surface area contributed by atoms with Gasteiger partial charge in [-0.3, -0.25) is 5.32 Å². The van der Waals surface area contributed by atoms with Gasteiger partial charge in [-0.05, 0) is 43.2 Å². The number of aromatic nitrogens is 1. The third-order valence-electron chi connectivity index (χ3n) is 4.76. The molecule has 1 saturated carbocycles. The topological polar surface area (TPSA) is 58.4 Å². The Balaban J connectivity index is 1.44. The number of benzene rings is 1. The lowest BCUT2D eigenvalue weighted by Gasteiger charge is -2.32. The Labute approximate surface area is 139 Å². The van der Waals surface area contributed by atoms with Crippen LogP contribution in [0.3, 0.4) is 0 Å². The number of carbonyl (C=O) groups excluding carboxylic acids is 1. The van der Waals surface area contributed by atoms with Crippen molar-refractivity contribution < 1.29 is 9.32 Å². The van der Waals surface area contributed by atoms with Crippen molar-refractivity contribution in [3.05, 3.63) is 35.4 Å². The van der Waals surface area contributed by atoms with Crippen molar-refractivity contribution in [1.82, 2.24) is 10.1 Å². The van der Waals surface area contributed by atoms with Gasteiger partial charge in [0.1, 0.15) is 0 Å². The number of urea groups is 1. The van der Waals surface area contributed by atoms with E-state index in [9.17, 15) is 4.79 Å². The summed E-state index contributed by atoms with van der Waals surface area (Å²) < 4.78 is 5.31. The molecule has 1 spiro atoms. The molecule has 1 N–H and O–H groups in total. The highest BCUT2D eigenvalue weighted by Crippen LogP contribution is 2.52. The van der Waals surface area contributed by atoms with Gasteiger partial charge in [-0.15, -0.1) is 0 Å². The van der Waals surface area contributed by atoms with Crippen LogP contribution < -0.4 is 5.32 Å². The van der Waals surface area contributed by atoms with Crippen molar-refractivity contribution in [2.24, 2.45) is 5.41 Å². The van der Waals surface area contributed by atoms with E-state index in [0.717, 1.165) is 25.1 Å². The standard InChI is InChI=1S/C17H18ClN3O2/c18-13-4-1-3-12(9-13)14-10-15(20-23-14)19-16(22)21-8-2-5-17(11-21)6-7-17/h1,3-4,9-10H,2,5-8,11H2,(H,19,20,22). The van der Waals surface area contributed by atoms with Gasteiger partial charge < -0.3 is 9.42 Å². The van der Waals surface area contributed by atoms with Crippen LogP contribution in [0.1, 0.15) is 25.7 Å². The highest BCUT2D eigenvalue weighted by Gasteiger charge is 2.46. The Morgan fingerprint density at radius 3 is 2.96 bits per heavy atom. The Bertz CT molecular complexity index is 739. The zero-order valence-electron chi connectivity index (χ0n) is 12.7. The second kappa shape index (κ2) is 5.57. The molecule has 2 aromatic rings. The fourth-order valence-corrected chi connectivity index (χ4v) is 3.46. The number of halogens is 1. The van der Waals surface area contributed by atoms with E-state index in [1.165, 1.54) is 19.3 Å². The summed E-state index contributed by atoms with van der Waals surface area (Å²) in [5.41, 5.74) is 1.24. The molecule has 120 valence electrons. The van der Waals surface area contributed by atoms with Crippen LogP contribution >= 0.6 is 11.6 Å². The van der Waals surface area contributed by atoms with Gasteiger partial charge >= 0.3 is 6.03 Å². The van der Waals surface area contributed by atoms with Gasteiger partial charge in [-0.2, -0.15) is 0 Å². The molecular weight excluding hydrogens is 314 g/mol. The monoisotopic (exact) mass is 331 g/mol. The average Bonchev–Trinajstić information content (AvgIpc) is 3.11. The van der Waals surface area contributed by atoms with E-state index < -0.39 is 0 Å². The molecule has 1 saturated heterocycles. The van der Waals surface area contributed by atoms with Crippen LogP contribution in [-0.4, -0.2) is 29.2 Å². The number of likely N-dealkylation sites (tertiary alicyclic amines) is 1. The molecule has 2 amide bonds. The highest BCUT2D eigenvalue weighted by molar-refractivity contribution is 6.30. The second-order valence-corrected chi connectivity index (χ2v) is 6.98. The van der Waals surface area contributed by atoms with Crippen molar-refractivity contribution in [3.63, 3.8) is 0 Å². The lowest BCUT2D eigenvalue weighted by Crippen LogP contribution is -2.43. The summed E-state index contributed by atoms with van der Waals surface area (Å²) in [4.78, 5) is 14.3. The fourth-order valence-electron chi connectivity index (χ4n) is 3.27. The SMILES string of the molecule is O=C(Nc1cc(-c2cccc(Cl)c2)on1)N1CCCC2(CC2)C1. The van der Waals surface area contributed by atoms with Gasteiger partial charge in [0.15, 0.2) is 11.6 Å². The molecule has 2 heterocycles. The first-order valence-corrected chi connectivity index (χ1v) is 8.30. The first-order valence-electron chi connectivity index (χ1n) is 7.92. The number of carbonyl (C=O) groups is 1. The molecule has 0 radical (unpaired) electrons. The maximum atomic E-state index is 12.4. The Hall–Kier alpha value is -2.01. The van der Waals surface area contributed by atoms with E-state index in [-0.39, 0.29) is 6.03 Å². The van der Waals surface area contributed by atoms with E-state index in [1.807, 2.05) is 17.0 Å². The first-order chi connectivity index (χ1) is 11.1. The number of piperidine rings is 1. The number of hydrogen-bond acceptors (Lipinski definition) is 3. The number of nitrogens with one attached hydrogen (secondary N) is 1. The second-order valence-electron chi connectivity index (χ2n) is 6.54. The van der Waals surface area contributed by atoms with E-state index in [0.29, 0.717) is 22.0 Å². The average molecular weight is 332 g/mol. The predicted molar refractivity (Wildman–Crippen MR) is 88.4 cm³/mol. The van der Waals surface area contributed by atoms with Crippen LogP contribution in [-0.2, 0) is 0 Å². The number of anilines is 1. The summed E-state index contributed by atoms with van der Waals surface area (Å²) >= 11 is 5.98. The molecule has 1 aliphatic heterocycles. The summed E-state index contributed by atoms with van der Waals surface area (Å²) in [5.74, 6) is 1.01. The summed E-state index contributed by atoms with van der Waals surface area (Å²) in [6.45, 7) is 1.67. The van der Waals surface area contributed by atoms with E-state index in [2.05, 4.69) is 10.5 Å². The summed E-state index contributed by atoms with van der Waals surface area (Å²) in [5, 5.41) is 7.40. The lowest BCUT2D eigenvalue weighted by molar-refractivity contribution is 0.169. The summed E-state index contributed by atoms with van der Waals surface area (Å²) in [6, 6.07) is 8.96. The van der Waals surface area contributed by atoms with E-state index >= 15 is 0 Å². The first kappa shape index (κ1) is 14.6. The number of hydrogen-bond donors (Lipinski definition) is 1. The van der Waals surface area contributed by atoms with Crippen LogP contribution in [0.25, 0.3) is 11.3 Å². The zero-order chi connectivity index (χ0) is 15.9.